The lowest BCUT2D eigenvalue weighted by Crippen LogP contribution is -2.26. The first-order valence-corrected chi connectivity index (χ1v) is 6.13. The van der Waals surface area contributed by atoms with Gasteiger partial charge in [0.15, 0.2) is 0 Å². The van der Waals surface area contributed by atoms with Gasteiger partial charge in [-0.25, -0.2) is 0 Å². The average molecular weight is 264 g/mol. The molecular weight excluding hydrogens is 246 g/mol. The second-order valence-corrected chi connectivity index (χ2v) is 4.78. The first-order chi connectivity index (χ1) is 8.33. The molecule has 0 saturated carbocycles. The van der Waals surface area contributed by atoms with Crippen LogP contribution in [0.15, 0.2) is 36.5 Å². The Morgan fingerprint density at radius 3 is 2.89 bits per heavy atom. The van der Waals surface area contributed by atoms with Gasteiger partial charge in [-0.15, -0.1) is 12.4 Å². The number of fused-ring (bicyclic) bond motifs is 1. The maximum Gasteiger partial charge on any atom is 0.0746 e. The molecule has 1 aliphatic rings. The van der Waals surface area contributed by atoms with Crippen LogP contribution < -0.4 is 5.73 Å². The summed E-state index contributed by atoms with van der Waals surface area (Å²) in [6, 6.07) is 10.8. The molecule has 0 spiro atoms. The van der Waals surface area contributed by atoms with E-state index in [9.17, 15) is 0 Å². The third-order valence-electron chi connectivity index (χ3n) is 3.42. The number of nitrogens with zero attached hydrogens (tertiary/aromatic N) is 2. The predicted octanol–water partition coefficient (Wildman–Crippen LogP) is 2.19. The summed E-state index contributed by atoms with van der Waals surface area (Å²) in [5, 5.41) is 1.22. The molecule has 1 aromatic heterocycles. The lowest BCUT2D eigenvalue weighted by Gasteiger charge is -2.16. The van der Waals surface area contributed by atoms with E-state index in [4.69, 9.17) is 5.73 Å². The van der Waals surface area contributed by atoms with Gasteiger partial charge >= 0.3 is 0 Å². The first kappa shape index (κ1) is 13.3. The highest BCUT2D eigenvalue weighted by Gasteiger charge is 2.19. The zero-order valence-corrected chi connectivity index (χ0v) is 11.1. The molecule has 3 nitrogen and oxygen atoms in total. The van der Waals surface area contributed by atoms with Crippen LogP contribution >= 0.6 is 12.4 Å². The summed E-state index contributed by atoms with van der Waals surface area (Å²) in [6.45, 7) is 3.07. The summed E-state index contributed by atoms with van der Waals surface area (Å²) < 4.78 is 0. The molecule has 0 amide bonds. The van der Waals surface area contributed by atoms with Crippen molar-refractivity contribution in [3.05, 3.63) is 42.1 Å². The molecule has 18 heavy (non-hydrogen) atoms. The number of aromatic nitrogens is 1. The summed E-state index contributed by atoms with van der Waals surface area (Å²) in [5.41, 5.74) is 8.36. The topological polar surface area (TPSA) is 42.1 Å². The van der Waals surface area contributed by atoms with Crippen molar-refractivity contribution in [2.75, 3.05) is 13.1 Å². The minimum absolute atomic E-state index is 0. The molecule has 1 fully saturated rings. The van der Waals surface area contributed by atoms with Crippen LogP contribution in [0.1, 0.15) is 12.0 Å². The molecule has 0 bridgehead atoms. The third-order valence-corrected chi connectivity index (χ3v) is 3.42. The van der Waals surface area contributed by atoms with Gasteiger partial charge in [0.2, 0.25) is 0 Å². The molecule has 1 aromatic carbocycles. The van der Waals surface area contributed by atoms with Gasteiger partial charge in [-0.05, 0) is 18.1 Å². The number of likely N-dealkylation sites (tertiary alicyclic amines) is 1. The normalized spacial score (nSPS) is 19.9. The third kappa shape index (κ3) is 2.64. The monoisotopic (exact) mass is 263 g/mol. The van der Waals surface area contributed by atoms with E-state index in [0.29, 0.717) is 6.04 Å². The number of pyridine rings is 1. The fourth-order valence-corrected chi connectivity index (χ4v) is 2.54. The molecular formula is C14H18ClN3. The van der Waals surface area contributed by atoms with Crippen molar-refractivity contribution in [2.24, 2.45) is 5.73 Å². The highest BCUT2D eigenvalue weighted by Crippen LogP contribution is 2.19. The number of para-hydroxylation sites is 1. The van der Waals surface area contributed by atoms with E-state index in [-0.39, 0.29) is 12.4 Å². The van der Waals surface area contributed by atoms with Gasteiger partial charge in [-0.3, -0.25) is 9.88 Å². The number of hydrogen-bond acceptors (Lipinski definition) is 3. The van der Waals surface area contributed by atoms with Crippen molar-refractivity contribution >= 4 is 23.3 Å². The Bertz CT molecular complexity index is 524. The number of nitrogens with two attached hydrogens (primary N) is 1. The van der Waals surface area contributed by atoms with Crippen molar-refractivity contribution in [1.29, 1.82) is 0 Å². The highest BCUT2D eigenvalue weighted by molar-refractivity contribution is 5.85. The van der Waals surface area contributed by atoms with Crippen LogP contribution in [0.4, 0.5) is 0 Å². The van der Waals surface area contributed by atoms with Crippen LogP contribution in [0.5, 0.6) is 0 Å². The standard InChI is InChI=1S/C14H17N3.ClH/c15-13-6-8-17(10-13)9-12-4-1-3-11-5-2-7-16-14(11)12;/h1-5,7,13H,6,8-10,15H2;1H/t13-;/m1./s1. The number of hydrogen-bond donors (Lipinski definition) is 1. The van der Waals surface area contributed by atoms with Gasteiger partial charge in [0.05, 0.1) is 5.52 Å². The van der Waals surface area contributed by atoms with E-state index in [0.717, 1.165) is 31.6 Å². The molecule has 2 N–H and O–H groups in total. The van der Waals surface area contributed by atoms with Crippen LogP contribution in [0.2, 0.25) is 0 Å². The SMILES string of the molecule is Cl.N[C@@H]1CCN(Cc2cccc3cccnc23)C1. The van der Waals surface area contributed by atoms with Crippen LogP contribution in [0.3, 0.4) is 0 Å². The van der Waals surface area contributed by atoms with Crippen molar-refractivity contribution in [1.82, 2.24) is 9.88 Å². The number of halogens is 1. The maximum absolute atomic E-state index is 5.93. The fraction of sp³-hybridized carbons (Fsp3) is 0.357. The zero-order chi connectivity index (χ0) is 11.7. The Kier molecular flexibility index (Phi) is 4.17. The molecule has 3 rings (SSSR count). The summed E-state index contributed by atoms with van der Waals surface area (Å²) in [7, 11) is 0. The quantitative estimate of drug-likeness (QED) is 0.903. The molecule has 0 radical (unpaired) electrons. The van der Waals surface area contributed by atoms with Crippen LogP contribution in [-0.4, -0.2) is 29.0 Å². The van der Waals surface area contributed by atoms with Gasteiger partial charge in [0.1, 0.15) is 0 Å². The second kappa shape index (κ2) is 5.65. The molecule has 0 aliphatic carbocycles. The lowest BCUT2D eigenvalue weighted by molar-refractivity contribution is 0.328. The molecule has 4 heteroatoms. The van der Waals surface area contributed by atoms with Crippen molar-refractivity contribution in [2.45, 2.75) is 19.0 Å². The Balaban J connectivity index is 0.00000120. The molecule has 1 saturated heterocycles. The van der Waals surface area contributed by atoms with Crippen LogP contribution in [0.25, 0.3) is 10.9 Å². The van der Waals surface area contributed by atoms with E-state index in [1.807, 2.05) is 12.3 Å². The Morgan fingerprint density at radius 1 is 1.28 bits per heavy atom. The molecule has 2 heterocycles. The van der Waals surface area contributed by atoms with Crippen LogP contribution in [0, 0.1) is 0 Å². The number of rotatable bonds is 2. The molecule has 2 aromatic rings. The highest BCUT2D eigenvalue weighted by atomic mass is 35.5. The molecule has 0 unspecified atom stereocenters. The van der Waals surface area contributed by atoms with Crippen molar-refractivity contribution < 1.29 is 0 Å². The van der Waals surface area contributed by atoms with E-state index >= 15 is 0 Å². The fourth-order valence-electron chi connectivity index (χ4n) is 2.54. The van der Waals surface area contributed by atoms with E-state index in [1.54, 1.807) is 0 Å². The maximum atomic E-state index is 5.93. The first-order valence-electron chi connectivity index (χ1n) is 6.13. The van der Waals surface area contributed by atoms with Gasteiger partial charge in [-0.2, -0.15) is 0 Å². The van der Waals surface area contributed by atoms with E-state index in [2.05, 4.69) is 34.1 Å². The summed E-state index contributed by atoms with van der Waals surface area (Å²) >= 11 is 0. The van der Waals surface area contributed by atoms with Crippen molar-refractivity contribution in [3.63, 3.8) is 0 Å². The molecule has 1 aliphatic heterocycles. The minimum atomic E-state index is 0. The Hall–Kier alpha value is -1.16. The van der Waals surface area contributed by atoms with Gasteiger partial charge in [0.25, 0.3) is 0 Å². The number of benzene rings is 1. The Morgan fingerprint density at radius 2 is 2.11 bits per heavy atom. The van der Waals surface area contributed by atoms with E-state index < -0.39 is 0 Å². The molecule has 1 atom stereocenters. The van der Waals surface area contributed by atoms with Gasteiger partial charge < -0.3 is 5.73 Å². The smallest absolute Gasteiger partial charge is 0.0746 e. The molecule has 96 valence electrons. The summed E-state index contributed by atoms with van der Waals surface area (Å²) in [6.07, 6.45) is 2.97. The van der Waals surface area contributed by atoms with Crippen molar-refractivity contribution in [3.8, 4) is 0 Å². The minimum Gasteiger partial charge on any atom is -0.326 e. The predicted molar refractivity (Wildman–Crippen MR) is 76.9 cm³/mol. The largest absolute Gasteiger partial charge is 0.326 e. The van der Waals surface area contributed by atoms with E-state index in [1.165, 1.54) is 10.9 Å². The van der Waals surface area contributed by atoms with Gasteiger partial charge in [0, 0.05) is 37.3 Å². The van der Waals surface area contributed by atoms with Gasteiger partial charge in [-0.1, -0.05) is 24.3 Å². The average Bonchev–Trinajstić information content (AvgIpc) is 2.75. The van der Waals surface area contributed by atoms with Crippen LogP contribution in [-0.2, 0) is 6.54 Å². The second-order valence-electron chi connectivity index (χ2n) is 4.78. The zero-order valence-electron chi connectivity index (χ0n) is 10.2. The Labute approximate surface area is 113 Å². The summed E-state index contributed by atoms with van der Waals surface area (Å²) in [5.74, 6) is 0. The summed E-state index contributed by atoms with van der Waals surface area (Å²) in [4.78, 5) is 6.90. The lowest BCUT2D eigenvalue weighted by atomic mass is 10.1.